The van der Waals surface area contributed by atoms with Crippen LogP contribution in [0, 0.1) is 17.8 Å². The first-order valence-electron chi connectivity index (χ1n) is 4.22. The van der Waals surface area contributed by atoms with Crippen LogP contribution in [0.3, 0.4) is 0 Å². The predicted octanol–water partition coefficient (Wildman–Crippen LogP) is 3.49. The molecular weight excluding hydrogens is 120 g/mol. The highest BCUT2D eigenvalue weighted by Gasteiger charge is 2.01. The fourth-order valence-corrected chi connectivity index (χ4v) is 0.620. The van der Waals surface area contributed by atoms with Gasteiger partial charge in [-0.15, -0.1) is 0 Å². The van der Waals surface area contributed by atoms with Gasteiger partial charge in [0.25, 0.3) is 0 Å². The highest BCUT2D eigenvalue weighted by Crippen LogP contribution is 2.11. The van der Waals surface area contributed by atoms with Crippen molar-refractivity contribution in [2.45, 2.75) is 34.6 Å². The van der Waals surface area contributed by atoms with Crippen molar-refractivity contribution in [1.29, 1.82) is 0 Å². The lowest BCUT2D eigenvalue weighted by Gasteiger charge is -2.09. The van der Waals surface area contributed by atoms with Crippen molar-refractivity contribution in [2.75, 3.05) is 0 Å². The molecule has 0 saturated carbocycles. The van der Waals surface area contributed by atoms with Gasteiger partial charge in [0.15, 0.2) is 0 Å². The second-order valence-electron chi connectivity index (χ2n) is 3.73. The van der Waals surface area contributed by atoms with E-state index < -0.39 is 0 Å². The molecule has 0 aromatic heterocycles. The molecule has 0 aliphatic rings. The molecule has 0 rings (SSSR count). The average molecular weight is 140 g/mol. The van der Waals surface area contributed by atoms with Crippen molar-refractivity contribution in [3.8, 4) is 0 Å². The van der Waals surface area contributed by atoms with Gasteiger partial charge in [-0.3, -0.25) is 0 Å². The van der Waals surface area contributed by atoms with Gasteiger partial charge < -0.3 is 0 Å². The number of hydrogen-bond acceptors (Lipinski definition) is 0. The Morgan fingerprint density at radius 2 is 1.30 bits per heavy atom. The zero-order chi connectivity index (χ0) is 8.15. The molecule has 10 heavy (non-hydrogen) atoms. The number of rotatable bonds is 3. The van der Waals surface area contributed by atoms with Crippen LogP contribution >= 0.6 is 0 Å². The van der Waals surface area contributed by atoms with Crippen LogP contribution < -0.4 is 0 Å². The molecule has 0 N–H and O–H groups in total. The van der Waals surface area contributed by atoms with E-state index in [1.165, 1.54) is 0 Å². The van der Waals surface area contributed by atoms with E-state index in [1.807, 2.05) is 0 Å². The van der Waals surface area contributed by atoms with Gasteiger partial charge in [-0.25, -0.2) is 0 Å². The zero-order valence-electron chi connectivity index (χ0n) is 7.89. The van der Waals surface area contributed by atoms with Crippen LogP contribution in [0.25, 0.3) is 0 Å². The molecule has 0 heterocycles. The van der Waals surface area contributed by atoms with Crippen LogP contribution in [0.1, 0.15) is 34.6 Å². The predicted molar refractivity (Wildman–Crippen MR) is 48.0 cm³/mol. The van der Waals surface area contributed by atoms with Gasteiger partial charge in [0.2, 0.25) is 0 Å². The van der Waals surface area contributed by atoms with Crippen molar-refractivity contribution >= 4 is 0 Å². The SMILES string of the molecule is CC(C)C=CC(C)C(C)C. The Morgan fingerprint density at radius 3 is 1.60 bits per heavy atom. The summed E-state index contributed by atoms with van der Waals surface area (Å²) in [5.41, 5.74) is 0. The van der Waals surface area contributed by atoms with E-state index in [1.54, 1.807) is 0 Å². The minimum Gasteiger partial charge on any atom is -0.0857 e. The van der Waals surface area contributed by atoms with Crippen molar-refractivity contribution in [3.63, 3.8) is 0 Å². The molecule has 60 valence electrons. The maximum absolute atomic E-state index is 2.31. The van der Waals surface area contributed by atoms with Gasteiger partial charge in [0.05, 0.1) is 0 Å². The summed E-state index contributed by atoms with van der Waals surface area (Å²) in [5.74, 6) is 2.19. The monoisotopic (exact) mass is 140 g/mol. The van der Waals surface area contributed by atoms with Crippen LogP contribution in [0.5, 0.6) is 0 Å². The Morgan fingerprint density at radius 1 is 0.800 bits per heavy atom. The van der Waals surface area contributed by atoms with Crippen molar-refractivity contribution in [1.82, 2.24) is 0 Å². The molecule has 0 nitrogen and oxygen atoms in total. The Balaban J connectivity index is 3.66. The molecular formula is C10H20. The molecule has 0 spiro atoms. The van der Waals surface area contributed by atoms with Crippen molar-refractivity contribution < 1.29 is 0 Å². The third-order valence-electron chi connectivity index (χ3n) is 1.85. The molecule has 0 bridgehead atoms. The Bertz CT molecular complexity index is 98.6. The summed E-state index contributed by atoms with van der Waals surface area (Å²) in [6.07, 6.45) is 4.60. The molecule has 0 fully saturated rings. The summed E-state index contributed by atoms with van der Waals surface area (Å²) in [4.78, 5) is 0. The fraction of sp³-hybridized carbons (Fsp3) is 0.800. The molecule has 0 aliphatic carbocycles. The third kappa shape index (κ3) is 4.60. The third-order valence-corrected chi connectivity index (χ3v) is 1.85. The van der Waals surface area contributed by atoms with E-state index in [2.05, 4.69) is 46.8 Å². The average Bonchev–Trinajstić information content (AvgIpc) is 1.82. The summed E-state index contributed by atoms with van der Waals surface area (Å²) >= 11 is 0. The molecule has 1 atom stereocenters. The second kappa shape index (κ2) is 4.54. The lowest BCUT2D eigenvalue weighted by atomic mass is 9.96. The Hall–Kier alpha value is -0.260. The Labute approximate surface area is 65.3 Å². The quantitative estimate of drug-likeness (QED) is 0.526. The molecule has 1 unspecified atom stereocenters. The second-order valence-corrected chi connectivity index (χ2v) is 3.73. The highest BCUT2D eigenvalue weighted by atomic mass is 14.1. The van der Waals surface area contributed by atoms with Crippen LogP contribution in [0.4, 0.5) is 0 Å². The van der Waals surface area contributed by atoms with Gasteiger partial charge in [-0.1, -0.05) is 46.8 Å². The first kappa shape index (κ1) is 9.74. The lowest BCUT2D eigenvalue weighted by molar-refractivity contribution is 0.501. The van der Waals surface area contributed by atoms with E-state index >= 15 is 0 Å². The van der Waals surface area contributed by atoms with E-state index in [0.717, 1.165) is 11.8 Å². The summed E-state index contributed by atoms with van der Waals surface area (Å²) in [5, 5.41) is 0. The van der Waals surface area contributed by atoms with Gasteiger partial charge in [-0.05, 0) is 17.8 Å². The summed E-state index contributed by atoms with van der Waals surface area (Å²) < 4.78 is 0. The van der Waals surface area contributed by atoms with Crippen LogP contribution in [-0.2, 0) is 0 Å². The van der Waals surface area contributed by atoms with Gasteiger partial charge in [-0.2, -0.15) is 0 Å². The van der Waals surface area contributed by atoms with Crippen LogP contribution in [0.2, 0.25) is 0 Å². The molecule has 0 radical (unpaired) electrons. The van der Waals surface area contributed by atoms with Gasteiger partial charge in [0, 0.05) is 0 Å². The molecule has 0 aliphatic heterocycles. The number of hydrogen-bond donors (Lipinski definition) is 0. The van der Waals surface area contributed by atoms with Gasteiger partial charge >= 0.3 is 0 Å². The molecule has 0 amide bonds. The molecule has 0 heteroatoms. The summed E-state index contributed by atoms with van der Waals surface area (Å²) in [7, 11) is 0. The van der Waals surface area contributed by atoms with Crippen LogP contribution in [-0.4, -0.2) is 0 Å². The fourth-order valence-electron chi connectivity index (χ4n) is 0.620. The Kier molecular flexibility index (Phi) is 4.42. The first-order valence-corrected chi connectivity index (χ1v) is 4.22. The zero-order valence-corrected chi connectivity index (χ0v) is 7.89. The molecule has 0 aromatic rings. The van der Waals surface area contributed by atoms with E-state index in [-0.39, 0.29) is 0 Å². The molecule has 0 aromatic carbocycles. The van der Waals surface area contributed by atoms with Crippen molar-refractivity contribution in [2.24, 2.45) is 17.8 Å². The largest absolute Gasteiger partial charge is 0.0857 e. The normalized spacial score (nSPS) is 15.5. The first-order chi connectivity index (χ1) is 4.54. The summed E-state index contributed by atoms with van der Waals surface area (Å²) in [6, 6.07) is 0. The minimum absolute atomic E-state index is 0.696. The smallest absolute Gasteiger partial charge is 0.0239 e. The standard InChI is InChI=1S/C10H20/c1-8(2)6-7-10(5)9(3)4/h6-10H,1-5H3. The van der Waals surface area contributed by atoms with Crippen molar-refractivity contribution in [3.05, 3.63) is 12.2 Å². The van der Waals surface area contributed by atoms with E-state index in [9.17, 15) is 0 Å². The maximum Gasteiger partial charge on any atom is -0.0239 e. The molecule has 0 saturated heterocycles. The van der Waals surface area contributed by atoms with Crippen LogP contribution in [0.15, 0.2) is 12.2 Å². The van der Waals surface area contributed by atoms with Gasteiger partial charge in [0.1, 0.15) is 0 Å². The summed E-state index contributed by atoms with van der Waals surface area (Å²) in [6.45, 7) is 11.2. The number of allylic oxidation sites excluding steroid dienone is 2. The maximum atomic E-state index is 2.31. The minimum atomic E-state index is 0.696. The highest BCUT2D eigenvalue weighted by molar-refractivity contribution is 4.89. The van der Waals surface area contributed by atoms with E-state index in [4.69, 9.17) is 0 Å². The van der Waals surface area contributed by atoms with E-state index in [0.29, 0.717) is 5.92 Å². The topological polar surface area (TPSA) is 0 Å². The lowest BCUT2D eigenvalue weighted by Crippen LogP contribution is -1.99.